The Bertz CT molecular complexity index is 901. The molecule has 2 rings (SSSR count). The van der Waals surface area contributed by atoms with Crippen LogP contribution in [0.5, 0.6) is 0 Å². The van der Waals surface area contributed by atoms with Crippen LogP contribution < -0.4 is 16.4 Å². The van der Waals surface area contributed by atoms with Gasteiger partial charge in [-0.05, 0) is 50.9 Å². The van der Waals surface area contributed by atoms with Gasteiger partial charge in [0.2, 0.25) is 5.91 Å². The van der Waals surface area contributed by atoms with Gasteiger partial charge >= 0.3 is 7.12 Å². The first kappa shape index (κ1) is 30.4. The number of hydrogen-bond acceptors (Lipinski definition) is 7. The van der Waals surface area contributed by atoms with Crippen LogP contribution in [0.25, 0.3) is 0 Å². The Labute approximate surface area is 221 Å². The van der Waals surface area contributed by atoms with Crippen molar-refractivity contribution in [2.24, 2.45) is 27.6 Å². The number of carbonyl (C=O) groups excluding carboxylic acids is 2. The maximum absolute atomic E-state index is 13.5. The highest BCUT2D eigenvalue weighted by atomic mass is 16.6. The molecule has 0 aromatic heterocycles. The summed E-state index contributed by atoms with van der Waals surface area (Å²) in [5.74, 6) is -0.575. The van der Waals surface area contributed by atoms with Crippen molar-refractivity contribution in [2.75, 3.05) is 19.8 Å². The van der Waals surface area contributed by atoms with Crippen LogP contribution in [0.4, 0.5) is 0 Å². The number of amides is 2. The smallest absolute Gasteiger partial charge is 0.409 e. The molecule has 1 saturated heterocycles. The topological polar surface area (TPSA) is 127 Å². The second kappa shape index (κ2) is 16.8. The van der Waals surface area contributed by atoms with Crippen LogP contribution >= 0.6 is 0 Å². The SMILES string of the molecule is C=N/C(=C\N=CC)C(=O)NC(Cc1ccccc1)C(=O)NC(CC(C)C)B1OCC(CCCCN)CO1. The molecule has 2 unspecified atom stereocenters. The number of rotatable bonds is 15. The molecule has 1 aliphatic heterocycles. The summed E-state index contributed by atoms with van der Waals surface area (Å²) in [5, 5.41) is 5.90. The predicted molar refractivity (Wildman–Crippen MR) is 149 cm³/mol. The molecule has 202 valence electrons. The Balaban J connectivity index is 2.14. The number of nitrogens with zero attached hydrogens (tertiary/aromatic N) is 2. The van der Waals surface area contributed by atoms with E-state index in [4.69, 9.17) is 15.0 Å². The normalized spacial score (nSPS) is 16.6. The number of nitrogens with one attached hydrogen (secondary N) is 2. The van der Waals surface area contributed by atoms with Gasteiger partial charge in [-0.25, -0.2) is 0 Å². The number of carbonyl (C=O) groups is 2. The molecule has 0 aliphatic carbocycles. The van der Waals surface area contributed by atoms with Crippen LogP contribution in [0.15, 0.2) is 52.2 Å². The first-order valence-corrected chi connectivity index (χ1v) is 13.1. The van der Waals surface area contributed by atoms with Gasteiger partial charge < -0.3 is 25.7 Å². The Morgan fingerprint density at radius 2 is 1.89 bits per heavy atom. The number of hydrogen-bond donors (Lipinski definition) is 3. The van der Waals surface area contributed by atoms with Gasteiger partial charge in [-0.15, -0.1) is 0 Å². The Kier molecular flexibility index (Phi) is 13.8. The average molecular weight is 511 g/mol. The van der Waals surface area contributed by atoms with Gasteiger partial charge in [0.05, 0.1) is 12.1 Å². The molecule has 10 heteroatoms. The summed E-state index contributed by atoms with van der Waals surface area (Å²) in [4.78, 5) is 34.1. The van der Waals surface area contributed by atoms with E-state index in [2.05, 4.69) is 41.2 Å². The summed E-state index contributed by atoms with van der Waals surface area (Å²) >= 11 is 0. The van der Waals surface area contributed by atoms with Crippen molar-refractivity contribution in [1.29, 1.82) is 0 Å². The average Bonchev–Trinajstić information content (AvgIpc) is 2.89. The minimum Gasteiger partial charge on any atom is -0.409 e. The lowest BCUT2D eigenvalue weighted by molar-refractivity contribution is -0.127. The number of benzene rings is 1. The fraction of sp³-hybridized carbons (Fsp3) is 0.556. The number of nitrogens with two attached hydrogens (primary N) is 1. The molecule has 0 spiro atoms. The van der Waals surface area contributed by atoms with E-state index < -0.39 is 19.1 Å². The Hall–Kier alpha value is -2.82. The van der Waals surface area contributed by atoms with Gasteiger partial charge in [-0.3, -0.25) is 19.6 Å². The molecule has 4 N–H and O–H groups in total. The molecular weight excluding hydrogens is 469 g/mol. The van der Waals surface area contributed by atoms with Crippen molar-refractivity contribution >= 4 is 31.9 Å². The molecule has 0 saturated carbocycles. The van der Waals surface area contributed by atoms with Crippen LogP contribution in [0, 0.1) is 11.8 Å². The molecule has 2 amide bonds. The standard InChI is InChI=1S/C27H42BN5O4/c1-5-31-17-24(30-4)27(35)32-23(16-21-11-7-6-8-12-21)26(34)33-25(15-20(2)3)28-36-18-22(19-37-28)13-9-10-14-29/h5-8,11-12,17,20,22-23,25H,4,9-10,13-16,18-19,29H2,1-3H3,(H,32,35)(H,33,34)/b24-17-,31-5?. The van der Waals surface area contributed by atoms with E-state index in [9.17, 15) is 9.59 Å². The lowest BCUT2D eigenvalue weighted by Crippen LogP contribution is -2.57. The first-order chi connectivity index (χ1) is 17.9. The van der Waals surface area contributed by atoms with Crippen molar-refractivity contribution < 1.29 is 18.9 Å². The highest BCUT2D eigenvalue weighted by molar-refractivity contribution is 6.47. The second-order valence-corrected chi connectivity index (χ2v) is 9.73. The van der Waals surface area contributed by atoms with E-state index >= 15 is 0 Å². The van der Waals surface area contributed by atoms with Gasteiger partial charge in [0, 0.05) is 31.8 Å². The lowest BCUT2D eigenvalue weighted by atomic mass is 9.72. The summed E-state index contributed by atoms with van der Waals surface area (Å²) in [6, 6.07) is 8.69. The Morgan fingerprint density at radius 3 is 2.49 bits per heavy atom. The molecule has 1 aromatic carbocycles. The van der Waals surface area contributed by atoms with Crippen LogP contribution in [0.2, 0.25) is 0 Å². The summed E-state index contributed by atoms with van der Waals surface area (Å²) in [5.41, 5.74) is 6.55. The summed E-state index contributed by atoms with van der Waals surface area (Å²) < 4.78 is 12.1. The maximum atomic E-state index is 13.5. The Morgan fingerprint density at radius 1 is 1.19 bits per heavy atom. The van der Waals surface area contributed by atoms with Crippen molar-refractivity contribution in [3.8, 4) is 0 Å². The van der Waals surface area contributed by atoms with Crippen molar-refractivity contribution in [1.82, 2.24) is 10.6 Å². The van der Waals surface area contributed by atoms with Crippen LogP contribution in [0.1, 0.15) is 52.0 Å². The van der Waals surface area contributed by atoms with Gasteiger partial charge in [0.25, 0.3) is 5.91 Å². The maximum Gasteiger partial charge on any atom is 0.480 e. The largest absolute Gasteiger partial charge is 0.480 e. The summed E-state index contributed by atoms with van der Waals surface area (Å²) in [6.45, 7) is 11.2. The zero-order chi connectivity index (χ0) is 27.0. The number of aliphatic imine (C=N–C) groups is 2. The van der Waals surface area contributed by atoms with Gasteiger partial charge in [0.1, 0.15) is 11.7 Å². The zero-order valence-corrected chi connectivity index (χ0v) is 22.4. The molecule has 0 radical (unpaired) electrons. The fourth-order valence-electron chi connectivity index (χ4n) is 4.17. The molecule has 9 nitrogen and oxygen atoms in total. The van der Waals surface area contributed by atoms with Gasteiger partial charge in [-0.2, -0.15) is 0 Å². The minimum absolute atomic E-state index is 0.0299. The first-order valence-electron chi connectivity index (χ1n) is 13.1. The monoisotopic (exact) mass is 511 g/mol. The van der Waals surface area contributed by atoms with Crippen molar-refractivity contribution in [3.05, 3.63) is 47.8 Å². The molecule has 1 fully saturated rings. The summed E-state index contributed by atoms with van der Waals surface area (Å²) in [7, 11) is -0.547. The van der Waals surface area contributed by atoms with E-state index in [0.29, 0.717) is 44.4 Å². The quantitative estimate of drug-likeness (QED) is 0.144. The number of unbranched alkanes of at least 4 members (excludes halogenated alkanes) is 1. The molecule has 37 heavy (non-hydrogen) atoms. The van der Waals surface area contributed by atoms with E-state index in [1.165, 1.54) is 12.4 Å². The molecular formula is C27H42BN5O4. The van der Waals surface area contributed by atoms with Crippen LogP contribution in [-0.4, -0.2) is 63.6 Å². The van der Waals surface area contributed by atoms with E-state index in [1.54, 1.807) is 6.92 Å². The third-order valence-corrected chi connectivity index (χ3v) is 6.09. The molecule has 1 heterocycles. The molecule has 2 atom stereocenters. The van der Waals surface area contributed by atoms with Gasteiger partial charge in [0.15, 0.2) is 0 Å². The predicted octanol–water partition coefficient (Wildman–Crippen LogP) is 2.70. The fourth-order valence-corrected chi connectivity index (χ4v) is 4.17. The highest BCUT2D eigenvalue weighted by Crippen LogP contribution is 2.20. The van der Waals surface area contributed by atoms with Crippen molar-refractivity contribution in [3.63, 3.8) is 0 Å². The third-order valence-electron chi connectivity index (χ3n) is 6.09. The third kappa shape index (κ3) is 11.0. The van der Waals surface area contributed by atoms with E-state index in [-0.39, 0.29) is 17.5 Å². The zero-order valence-electron chi connectivity index (χ0n) is 22.4. The van der Waals surface area contributed by atoms with Gasteiger partial charge in [-0.1, -0.05) is 50.6 Å². The molecule has 0 bridgehead atoms. The molecule has 1 aromatic rings. The van der Waals surface area contributed by atoms with Crippen LogP contribution in [-0.2, 0) is 25.3 Å². The van der Waals surface area contributed by atoms with Crippen molar-refractivity contribution in [2.45, 2.75) is 64.9 Å². The highest BCUT2D eigenvalue weighted by Gasteiger charge is 2.38. The molecule has 1 aliphatic rings. The van der Waals surface area contributed by atoms with E-state index in [1.807, 2.05) is 30.3 Å². The second-order valence-electron chi connectivity index (χ2n) is 9.73. The minimum atomic E-state index is -0.840. The lowest BCUT2D eigenvalue weighted by Gasteiger charge is -2.33. The summed E-state index contributed by atoms with van der Waals surface area (Å²) in [6.07, 6.45) is 6.88. The van der Waals surface area contributed by atoms with E-state index in [0.717, 1.165) is 24.8 Å². The van der Waals surface area contributed by atoms with Crippen LogP contribution in [0.3, 0.4) is 0 Å².